The molecule has 3 rings (SSSR count). The number of hydrogen-bond acceptors (Lipinski definition) is 6. The molecule has 6 nitrogen and oxygen atoms in total. The minimum absolute atomic E-state index is 0.0830. The fraction of sp³-hybridized carbons (Fsp3) is 0.417. The van der Waals surface area contributed by atoms with E-state index < -0.39 is 12.1 Å². The third kappa shape index (κ3) is 3.13. The highest BCUT2D eigenvalue weighted by atomic mass is 19.4. The number of aromatic nitrogens is 3. The topological polar surface area (TPSA) is 73.1 Å². The van der Waals surface area contributed by atoms with Gasteiger partial charge >= 0.3 is 12.1 Å². The molecule has 1 N–H and O–H groups in total. The Labute approximate surface area is 117 Å². The lowest BCUT2D eigenvalue weighted by Crippen LogP contribution is -2.19. The Kier molecular flexibility index (Phi) is 3.50. The predicted octanol–water partition coefficient (Wildman–Crippen LogP) is 1.89. The highest BCUT2D eigenvalue weighted by Gasteiger charge is 2.38. The molecule has 1 atom stereocenters. The first kappa shape index (κ1) is 13.8. The quantitative estimate of drug-likeness (QED) is 0.933. The van der Waals surface area contributed by atoms with Crippen LogP contribution in [0.2, 0.25) is 0 Å². The smallest absolute Gasteiger partial charge is 0.471 e. The number of rotatable bonds is 3. The van der Waals surface area contributed by atoms with E-state index >= 15 is 0 Å². The molecule has 0 amide bonds. The minimum atomic E-state index is -4.66. The number of nitrogens with zero attached hydrogens (tertiary/aromatic N) is 3. The summed E-state index contributed by atoms with van der Waals surface area (Å²) in [6, 6.07) is 3.10. The standard InChI is InChI=1S/C12H11F3N4O2/c13-12(14,15)11-18-10(19-21-11)9-2-1-7(6-17-9)20-8-3-4-16-5-8/h1-2,6,8,16H,3-5H2. The number of halogens is 3. The third-order valence-electron chi connectivity index (χ3n) is 2.95. The van der Waals surface area contributed by atoms with Crippen LogP contribution in [0.1, 0.15) is 12.3 Å². The number of pyridine rings is 1. The molecule has 0 saturated carbocycles. The molecule has 21 heavy (non-hydrogen) atoms. The number of hydrogen-bond donors (Lipinski definition) is 1. The van der Waals surface area contributed by atoms with Crippen LogP contribution < -0.4 is 10.1 Å². The van der Waals surface area contributed by atoms with Crippen LogP contribution >= 0.6 is 0 Å². The van der Waals surface area contributed by atoms with E-state index in [1.807, 2.05) is 0 Å². The van der Waals surface area contributed by atoms with Gasteiger partial charge in [0, 0.05) is 6.54 Å². The Bertz CT molecular complexity index is 606. The van der Waals surface area contributed by atoms with Crippen LogP contribution in [0.25, 0.3) is 11.5 Å². The summed E-state index contributed by atoms with van der Waals surface area (Å²) in [7, 11) is 0. The lowest BCUT2D eigenvalue weighted by molar-refractivity contribution is -0.159. The Morgan fingerprint density at radius 1 is 1.33 bits per heavy atom. The summed E-state index contributed by atoms with van der Waals surface area (Å²) in [6.07, 6.45) is -2.25. The van der Waals surface area contributed by atoms with Crippen LogP contribution in [-0.2, 0) is 6.18 Å². The van der Waals surface area contributed by atoms with E-state index in [0.29, 0.717) is 5.75 Å². The van der Waals surface area contributed by atoms with Crippen molar-refractivity contribution in [3.05, 3.63) is 24.2 Å². The van der Waals surface area contributed by atoms with Gasteiger partial charge in [-0.1, -0.05) is 5.16 Å². The monoisotopic (exact) mass is 300 g/mol. The van der Waals surface area contributed by atoms with Gasteiger partial charge in [-0.05, 0) is 25.1 Å². The van der Waals surface area contributed by atoms with E-state index in [1.165, 1.54) is 12.3 Å². The average molecular weight is 300 g/mol. The van der Waals surface area contributed by atoms with Gasteiger partial charge in [-0.3, -0.25) is 0 Å². The van der Waals surface area contributed by atoms with Crippen molar-refractivity contribution in [2.75, 3.05) is 13.1 Å². The number of ether oxygens (including phenoxy) is 1. The van der Waals surface area contributed by atoms with Crippen LogP contribution in [0.5, 0.6) is 5.75 Å². The largest absolute Gasteiger partial charge is 0.487 e. The normalized spacial score (nSPS) is 18.9. The van der Waals surface area contributed by atoms with E-state index in [1.54, 1.807) is 6.07 Å². The van der Waals surface area contributed by atoms with Crippen LogP contribution in [-0.4, -0.2) is 34.3 Å². The van der Waals surface area contributed by atoms with E-state index in [9.17, 15) is 13.2 Å². The SMILES string of the molecule is FC(F)(F)c1nc(-c2ccc(OC3CCNC3)cn2)no1. The summed E-state index contributed by atoms with van der Waals surface area (Å²) in [5, 5.41) is 6.43. The van der Waals surface area contributed by atoms with Gasteiger partial charge < -0.3 is 14.6 Å². The summed E-state index contributed by atoms with van der Waals surface area (Å²) in [5.41, 5.74) is 0.186. The Morgan fingerprint density at radius 2 is 2.19 bits per heavy atom. The number of nitrogens with one attached hydrogen (secondary N) is 1. The molecule has 1 fully saturated rings. The van der Waals surface area contributed by atoms with Gasteiger partial charge in [-0.2, -0.15) is 18.2 Å². The maximum absolute atomic E-state index is 12.4. The van der Waals surface area contributed by atoms with Gasteiger partial charge in [0.25, 0.3) is 0 Å². The van der Waals surface area contributed by atoms with Gasteiger partial charge in [0.15, 0.2) is 0 Å². The van der Waals surface area contributed by atoms with E-state index in [0.717, 1.165) is 19.5 Å². The first-order chi connectivity index (χ1) is 10.0. The zero-order chi connectivity index (χ0) is 14.9. The summed E-state index contributed by atoms with van der Waals surface area (Å²) in [4.78, 5) is 7.26. The Morgan fingerprint density at radius 3 is 2.76 bits per heavy atom. The minimum Gasteiger partial charge on any atom is -0.487 e. The molecule has 1 saturated heterocycles. The van der Waals surface area contributed by atoms with E-state index in [2.05, 4.69) is 25.0 Å². The van der Waals surface area contributed by atoms with Crippen molar-refractivity contribution in [1.82, 2.24) is 20.4 Å². The molecule has 0 aliphatic carbocycles. The van der Waals surface area contributed by atoms with Crippen LogP contribution in [0.4, 0.5) is 13.2 Å². The van der Waals surface area contributed by atoms with Gasteiger partial charge in [0.05, 0.1) is 6.20 Å². The summed E-state index contributed by atoms with van der Waals surface area (Å²) in [6.45, 7) is 1.67. The third-order valence-corrected chi connectivity index (χ3v) is 2.95. The van der Waals surface area contributed by atoms with Crippen molar-refractivity contribution in [2.45, 2.75) is 18.7 Å². The Balaban J connectivity index is 1.73. The van der Waals surface area contributed by atoms with Gasteiger partial charge in [-0.15, -0.1) is 0 Å². The van der Waals surface area contributed by atoms with E-state index in [-0.39, 0.29) is 17.6 Å². The highest BCUT2D eigenvalue weighted by Crippen LogP contribution is 2.29. The molecule has 2 aromatic heterocycles. The summed E-state index contributed by atoms with van der Waals surface area (Å²) in [5.74, 6) is -1.06. The van der Waals surface area contributed by atoms with Crippen LogP contribution in [0.15, 0.2) is 22.9 Å². The van der Waals surface area contributed by atoms with Crippen molar-refractivity contribution in [2.24, 2.45) is 0 Å². The maximum atomic E-state index is 12.4. The zero-order valence-electron chi connectivity index (χ0n) is 10.7. The van der Waals surface area contributed by atoms with Crippen molar-refractivity contribution >= 4 is 0 Å². The van der Waals surface area contributed by atoms with Gasteiger partial charge in [0.1, 0.15) is 17.5 Å². The second-order valence-electron chi connectivity index (χ2n) is 4.53. The predicted molar refractivity (Wildman–Crippen MR) is 64.4 cm³/mol. The van der Waals surface area contributed by atoms with Crippen molar-refractivity contribution in [3.63, 3.8) is 0 Å². The molecule has 1 aliphatic heterocycles. The average Bonchev–Trinajstić information content (AvgIpc) is 3.09. The molecular weight excluding hydrogens is 289 g/mol. The molecule has 1 unspecified atom stereocenters. The number of alkyl halides is 3. The lowest BCUT2D eigenvalue weighted by atomic mass is 10.3. The van der Waals surface area contributed by atoms with E-state index in [4.69, 9.17) is 4.74 Å². The molecular formula is C12H11F3N4O2. The van der Waals surface area contributed by atoms with Crippen LogP contribution in [0.3, 0.4) is 0 Å². The second-order valence-corrected chi connectivity index (χ2v) is 4.53. The Hall–Kier alpha value is -2.16. The van der Waals surface area contributed by atoms with Gasteiger partial charge in [0.2, 0.25) is 5.82 Å². The molecule has 0 radical (unpaired) electrons. The van der Waals surface area contributed by atoms with Crippen molar-refractivity contribution in [3.8, 4) is 17.3 Å². The zero-order valence-corrected chi connectivity index (χ0v) is 10.7. The molecule has 0 bridgehead atoms. The molecule has 112 valence electrons. The molecule has 0 spiro atoms. The fourth-order valence-corrected chi connectivity index (χ4v) is 1.95. The second kappa shape index (κ2) is 5.32. The van der Waals surface area contributed by atoms with Gasteiger partial charge in [-0.25, -0.2) is 4.98 Å². The molecule has 1 aliphatic rings. The molecule has 9 heteroatoms. The first-order valence-corrected chi connectivity index (χ1v) is 6.27. The van der Waals surface area contributed by atoms with Crippen molar-refractivity contribution < 1.29 is 22.4 Å². The molecule has 3 heterocycles. The fourth-order valence-electron chi connectivity index (χ4n) is 1.95. The summed E-state index contributed by atoms with van der Waals surface area (Å²) < 4.78 is 46.9. The molecule has 0 aromatic carbocycles. The summed E-state index contributed by atoms with van der Waals surface area (Å²) >= 11 is 0. The van der Waals surface area contributed by atoms with Crippen LogP contribution in [0, 0.1) is 0 Å². The maximum Gasteiger partial charge on any atom is 0.471 e. The first-order valence-electron chi connectivity index (χ1n) is 6.27. The lowest BCUT2D eigenvalue weighted by Gasteiger charge is -2.11. The van der Waals surface area contributed by atoms with Crippen molar-refractivity contribution in [1.29, 1.82) is 0 Å². The molecule has 2 aromatic rings. The highest BCUT2D eigenvalue weighted by molar-refractivity contribution is 5.48.